The third kappa shape index (κ3) is 7.67. The molecule has 3 nitrogen and oxygen atoms in total. The number of aryl methyl sites for hydroxylation is 1. The van der Waals surface area contributed by atoms with Gasteiger partial charge < -0.3 is 5.32 Å². The molecule has 0 heterocycles. The molecular formula is C31H43N3. The van der Waals surface area contributed by atoms with Crippen LogP contribution in [0, 0.1) is 24.2 Å². The van der Waals surface area contributed by atoms with Gasteiger partial charge >= 0.3 is 0 Å². The number of aliphatic imine (C=N–C) groups is 1. The third-order valence-electron chi connectivity index (χ3n) is 6.66. The average molecular weight is 458 g/mol. The molecule has 1 fully saturated rings. The number of hydrogen-bond acceptors (Lipinski definition) is 3. The van der Waals surface area contributed by atoms with E-state index < -0.39 is 0 Å². The molecule has 0 saturated heterocycles. The zero-order chi connectivity index (χ0) is 25.3. The van der Waals surface area contributed by atoms with Crippen molar-refractivity contribution in [3.05, 3.63) is 82.0 Å². The molecule has 3 heteroatoms. The Kier molecular flexibility index (Phi) is 10.7. The Morgan fingerprint density at radius 2 is 1.97 bits per heavy atom. The van der Waals surface area contributed by atoms with E-state index >= 15 is 0 Å². The maximum Gasteiger partial charge on any atom is 0.0991 e. The number of nitriles is 1. The van der Waals surface area contributed by atoms with Crippen molar-refractivity contribution < 1.29 is 0 Å². The number of benzene rings is 1. The number of hydrogen-bond donors (Lipinski definition) is 1. The van der Waals surface area contributed by atoms with Crippen molar-refractivity contribution in [2.24, 2.45) is 10.9 Å². The Labute approximate surface area is 208 Å². The molecule has 182 valence electrons. The lowest BCUT2D eigenvalue weighted by Gasteiger charge is -2.22. The summed E-state index contributed by atoms with van der Waals surface area (Å²) in [5.74, 6) is 0.763. The molecule has 0 aliphatic heterocycles. The van der Waals surface area contributed by atoms with E-state index in [1.54, 1.807) is 0 Å². The standard InChI is InChI=1S/C31H43N3/c1-9-15-34-16-14-22(4)17-28(21(2)3)31(25(7)33-8)30(27-12-13-27)18-24(6)29-19-26(20-32)11-10-23(29)5/h10-11,18-19,24,27,34H,2,4,9,12-17H2,1,3,5-8H3/b30-18-,31-28+,33-25?. The Hall–Kier alpha value is -2.70. The molecule has 1 unspecified atom stereocenters. The van der Waals surface area contributed by atoms with Gasteiger partial charge in [0.05, 0.1) is 11.6 Å². The molecule has 2 rings (SSSR count). The fraction of sp³-hybridized carbons (Fsp3) is 0.484. The largest absolute Gasteiger partial charge is 0.316 e. The van der Waals surface area contributed by atoms with Gasteiger partial charge in [-0.05, 0) is 112 Å². The van der Waals surface area contributed by atoms with Gasteiger partial charge in [0.25, 0.3) is 0 Å². The highest BCUT2D eigenvalue weighted by Crippen LogP contribution is 2.44. The van der Waals surface area contributed by atoms with E-state index in [4.69, 9.17) is 0 Å². The minimum Gasteiger partial charge on any atom is -0.316 e. The first kappa shape index (κ1) is 27.5. The van der Waals surface area contributed by atoms with Crippen LogP contribution < -0.4 is 5.32 Å². The number of nitrogens with zero attached hydrogens (tertiary/aromatic N) is 2. The molecule has 1 aromatic carbocycles. The smallest absolute Gasteiger partial charge is 0.0991 e. The molecule has 1 aromatic rings. The van der Waals surface area contributed by atoms with E-state index in [1.807, 2.05) is 19.2 Å². The van der Waals surface area contributed by atoms with Crippen LogP contribution in [0.25, 0.3) is 0 Å². The van der Waals surface area contributed by atoms with Crippen LogP contribution in [0.5, 0.6) is 0 Å². The molecule has 0 radical (unpaired) electrons. The minimum atomic E-state index is 0.205. The average Bonchev–Trinajstić information content (AvgIpc) is 3.66. The van der Waals surface area contributed by atoms with Crippen LogP contribution in [0.1, 0.15) is 82.4 Å². The molecule has 1 saturated carbocycles. The maximum atomic E-state index is 9.41. The van der Waals surface area contributed by atoms with Crippen LogP contribution in [0.2, 0.25) is 0 Å². The Morgan fingerprint density at radius 1 is 1.26 bits per heavy atom. The summed E-state index contributed by atoms with van der Waals surface area (Å²) in [6, 6.07) is 8.28. The minimum absolute atomic E-state index is 0.205. The summed E-state index contributed by atoms with van der Waals surface area (Å²) in [5, 5.41) is 12.9. The molecule has 0 bridgehead atoms. The van der Waals surface area contributed by atoms with Crippen LogP contribution in [-0.2, 0) is 0 Å². The summed E-state index contributed by atoms with van der Waals surface area (Å²) in [4.78, 5) is 4.63. The van der Waals surface area contributed by atoms with E-state index in [9.17, 15) is 5.26 Å². The fourth-order valence-corrected chi connectivity index (χ4v) is 4.45. The van der Waals surface area contributed by atoms with Gasteiger partial charge in [-0.1, -0.05) is 50.3 Å². The van der Waals surface area contributed by atoms with Crippen LogP contribution in [0.3, 0.4) is 0 Å². The van der Waals surface area contributed by atoms with Crippen LogP contribution in [0.15, 0.2) is 70.3 Å². The Bertz CT molecular complexity index is 1030. The second-order valence-corrected chi connectivity index (χ2v) is 9.74. The molecular weight excluding hydrogens is 414 g/mol. The van der Waals surface area contributed by atoms with E-state index in [-0.39, 0.29) is 5.92 Å². The summed E-state index contributed by atoms with van der Waals surface area (Å²) in [6.45, 7) is 21.5. The van der Waals surface area contributed by atoms with Crippen molar-refractivity contribution in [1.82, 2.24) is 5.32 Å². The monoisotopic (exact) mass is 457 g/mol. The third-order valence-corrected chi connectivity index (χ3v) is 6.66. The lowest BCUT2D eigenvalue weighted by molar-refractivity contribution is 0.665. The maximum absolute atomic E-state index is 9.41. The normalized spacial score (nSPS) is 16.0. The highest BCUT2D eigenvalue weighted by molar-refractivity contribution is 6.03. The topological polar surface area (TPSA) is 48.2 Å². The predicted octanol–water partition coefficient (Wildman–Crippen LogP) is 7.61. The molecule has 1 atom stereocenters. The zero-order valence-corrected chi connectivity index (χ0v) is 22.2. The van der Waals surface area contributed by atoms with Crippen LogP contribution >= 0.6 is 0 Å². The first-order chi connectivity index (χ1) is 16.2. The lowest BCUT2D eigenvalue weighted by Crippen LogP contribution is -2.16. The van der Waals surface area contributed by atoms with Crippen molar-refractivity contribution in [1.29, 1.82) is 5.26 Å². The molecule has 1 aliphatic carbocycles. The van der Waals surface area contributed by atoms with Crippen molar-refractivity contribution in [2.45, 2.75) is 72.6 Å². The van der Waals surface area contributed by atoms with Crippen LogP contribution in [-0.4, -0.2) is 25.8 Å². The van der Waals surface area contributed by atoms with Crippen LogP contribution in [0.4, 0.5) is 0 Å². The van der Waals surface area contributed by atoms with Crippen molar-refractivity contribution in [3.63, 3.8) is 0 Å². The second kappa shape index (κ2) is 13.3. The Balaban J connectivity index is 2.51. The van der Waals surface area contributed by atoms with Gasteiger partial charge in [0, 0.05) is 18.3 Å². The van der Waals surface area contributed by atoms with Gasteiger partial charge in [-0.25, -0.2) is 0 Å². The number of nitrogens with one attached hydrogen (secondary N) is 1. The van der Waals surface area contributed by atoms with Crippen molar-refractivity contribution >= 4 is 5.71 Å². The van der Waals surface area contributed by atoms with Gasteiger partial charge in [0.1, 0.15) is 0 Å². The lowest BCUT2D eigenvalue weighted by atomic mass is 9.83. The van der Waals surface area contributed by atoms with Crippen molar-refractivity contribution in [3.8, 4) is 6.07 Å². The van der Waals surface area contributed by atoms with E-state index in [0.717, 1.165) is 43.6 Å². The molecule has 0 spiro atoms. The Morgan fingerprint density at radius 3 is 2.53 bits per heavy atom. The summed E-state index contributed by atoms with van der Waals surface area (Å²) in [5.41, 5.74) is 10.4. The van der Waals surface area contributed by atoms with Gasteiger partial charge in [0.2, 0.25) is 0 Å². The molecule has 0 aromatic heterocycles. The second-order valence-electron chi connectivity index (χ2n) is 9.74. The van der Waals surface area contributed by atoms with E-state index in [1.165, 1.54) is 46.3 Å². The van der Waals surface area contributed by atoms with Gasteiger partial charge in [0.15, 0.2) is 0 Å². The quantitative estimate of drug-likeness (QED) is 0.143. The first-order valence-corrected chi connectivity index (χ1v) is 12.7. The van der Waals surface area contributed by atoms with Crippen molar-refractivity contribution in [2.75, 3.05) is 20.1 Å². The predicted molar refractivity (Wildman–Crippen MR) is 148 cm³/mol. The van der Waals surface area contributed by atoms with E-state index in [0.29, 0.717) is 11.5 Å². The van der Waals surface area contributed by atoms with Gasteiger partial charge in [-0.15, -0.1) is 0 Å². The van der Waals surface area contributed by atoms with Gasteiger partial charge in [-0.3, -0.25) is 4.99 Å². The highest BCUT2D eigenvalue weighted by atomic mass is 14.8. The fourth-order valence-electron chi connectivity index (χ4n) is 4.45. The van der Waals surface area contributed by atoms with E-state index in [2.05, 4.69) is 76.3 Å². The summed E-state index contributed by atoms with van der Waals surface area (Å²) in [6.07, 6.45) is 7.77. The van der Waals surface area contributed by atoms with Gasteiger partial charge in [-0.2, -0.15) is 5.26 Å². The molecule has 34 heavy (non-hydrogen) atoms. The summed E-state index contributed by atoms with van der Waals surface area (Å²) >= 11 is 0. The zero-order valence-electron chi connectivity index (χ0n) is 22.2. The molecule has 0 amide bonds. The number of rotatable bonds is 13. The summed E-state index contributed by atoms with van der Waals surface area (Å²) < 4.78 is 0. The summed E-state index contributed by atoms with van der Waals surface area (Å²) in [7, 11) is 1.88. The first-order valence-electron chi connectivity index (χ1n) is 12.7. The SMILES string of the molecule is C=C(CCNCCC)C/C(C(=C)C)=C(C(C)=NC)\C(=C/C(C)c1cc(C#N)ccc1C)C1CC1. The highest BCUT2D eigenvalue weighted by Gasteiger charge is 2.31. The number of allylic oxidation sites excluding steroid dienone is 5. The molecule has 1 N–H and O–H groups in total. The molecule has 1 aliphatic rings.